The zero-order valence-corrected chi connectivity index (χ0v) is 13.8. The van der Waals surface area contributed by atoms with E-state index in [1.165, 1.54) is 13.8 Å². The topological polar surface area (TPSA) is 61.8 Å². The SMILES string of the molecule is CC(=O)Nc1cccc(C2=NN(C(C)=O)C(c3cccs3)C2)c1. The number of carbonyl (C=O) groups is 2. The van der Waals surface area contributed by atoms with Gasteiger partial charge in [0.05, 0.1) is 11.8 Å². The van der Waals surface area contributed by atoms with Crippen molar-refractivity contribution in [2.45, 2.75) is 26.3 Å². The van der Waals surface area contributed by atoms with E-state index < -0.39 is 0 Å². The molecule has 1 aromatic carbocycles. The lowest BCUT2D eigenvalue weighted by atomic mass is 10.0. The van der Waals surface area contributed by atoms with E-state index in [4.69, 9.17) is 0 Å². The molecule has 118 valence electrons. The Balaban J connectivity index is 1.90. The molecule has 0 saturated heterocycles. The largest absolute Gasteiger partial charge is 0.326 e. The van der Waals surface area contributed by atoms with Crippen LogP contribution in [0.2, 0.25) is 0 Å². The average Bonchev–Trinajstić information content (AvgIpc) is 3.16. The van der Waals surface area contributed by atoms with Crippen molar-refractivity contribution in [3.8, 4) is 0 Å². The summed E-state index contributed by atoms with van der Waals surface area (Å²) in [6.07, 6.45) is 0.670. The van der Waals surface area contributed by atoms with Crippen LogP contribution in [0.15, 0.2) is 46.9 Å². The molecule has 1 unspecified atom stereocenters. The first kappa shape index (κ1) is 15.4. The van der Waals surface area contributed by atoms with Crippen LogP contribution in [0.1, 0.15) is 36.8 Å². The average molecular weight is 327 g/mol. The van der Waals surface area contributed by atoms with E-state index in [2.05, 4.69) is 10.4 Å². The molecule has 2 amide bonds. The molecule has 0 saturated carbocycles. The smallest absolute Gasteiger partial charge is 0.240 e. The minimum atomic E-state index is -0.114. The molecule has 1 aromatic heterocycles. The lowest BCUT2D eigenvalue weighted by molar-refractivity contribution is -0.130. The van der Waals surface area contributed by atoms with Gasteiger partial charge in [-0.1, -0.05) is 18.2 Å². The number of carbonyl (C=O) groups excluding carboxylic acids is 2. The number of rotatable bonds is 3. The normalized spacial score (nSPS) is 17.0. The summed E-state index contributed by atoms with van der Waals surface area (Å²) < 4.78 is 0. The van der Waals surface area contributed by atoms with Crippen LogP contribution >= 0.6 is 11.3 Å². The third-order valence-corrected chi connectivity index (χ3v) is 4.59. The fraction of sp³-hybridized carbons (Fsp3) is 0.235. The Morgan fingerprint density at radius 2 is 2.09 bits per heavy atom. The molecule has 5 nitrogen and oxygen atoms in total. The molecule has 6 heteroatoms. The summed E-state index contributed by atoms with van der Waals surface area (Å²) in [5.74, 6) is -0.186. The first-order chi connectivity index (χ1) is 11.0. The number of anilines is 1. The van der Waals surface area contributed by atoms with Gasteiger partial charge in [0.15, 0.2) is 0 Å². The van der Waals surface area contributed by atoms with Crippen molar-refractivity contribution in [1.82, 2.24) is 5.01 Å². The van der Waals surface area contributed by atoms with Gasteiger partial charge in [-0.2, -0.15) is 5.10 Å². The summed E-state index contributed by atoms with van der Waals surface area (Å²) in [5, 5.41) is 10.8. The monoisotopic (exact) mass is 327 g/mol. The number of nitrogens with one attached hydrogen (secondary N) is 1. The highest BCUT2D eigenvalue weighted by atomic mass is 32.1. The number of benzene rings is 1. The second-order valence-corrected chi connectivity index (χ2v) is 6.39. The summed E-state index contributed by atoms with van der Waals surface area (Å²) in [6, 6.07) is 11.5. The third kappa shape index (κ3) is 3.32. The van der Waals surface area contributed by atoms with Crippen LogP contribution in [-0.2, 0) is 9.59 Å². The van der Waals surface area contributed by atoms with E-state index in [1.54, 1.807) is 16.3 Å². The van der Waals surface area contributed by atoms with Crippen molar-refractivity contribution < 1.29 is 9.59 Å². The van der Waals surface area contributed by atoms with E-state index in [0.717, 1.165) is 21.8 Å². The van der Waals surface area contributed by atoms with E-state index in [9.17, 15) is 9.59 Å². The van der Waals surface area contributed by atoms with Crippen LogP contribution in [0, 0.1) is 0 Å². The molecule has 1 aliphatic heterocycles. The number of amides is 2. The molecule has 1 aliphatic rings. The molecule has 0 aliphatic carbocycles. The predicted octanol–water partition coefficient (Wildman–Crippen LogP) is 3.40. The second kappa shape index (κ2) is 6.34. The van der Waals surface area contributed by atoms with Crippen LogP contribution < -0.4 is 5.32 Å². The first-order valence-corrected chi connectivity index (χ1v) is 8.21. The molecular formula is C17H17N3O2S. The molecule has 0 bridgehead atoms. The van der Waals surface area contributed by atoms with Gasteiger partial charge in [-0.05, 0) is 29.1 Å². The van der Waals surface area contributed by atoms with Gasteiger partial charge in [0, 0.05) is 30.8 Å². The highest BCUT2D eigenvalue weighted by molar-refractivity contribution is 7.10. The zero-order valence-electron chi connectivity index (χ0n) is 12.9. The van der Waals surface area contributed by atoms with Gasteiger partial charge in [0.2, 0.25) is 11.8 Å². The Morgan fingerprint density at radius 3 is 2.74 bits per heavy atom. The molecule has 0 spiro atoms. The number of hydrazone groups is 1. The molecule has 2 heterocycles. The van der Waals surface area contributed by atoms with Gasteiger partial charge in [0.1, 0.15) is 0 Å². The second-order valence-electron chi connectivity index (χ2n) is 5.41. The molecule has 0 fully saturated rings. The van der Waals surface area contributed by atoms with Crippen molar-refractivity contribution in [1.29, 1.82) is 0 Å². The zero-order chi connectivity index (χ0) is 16.4. The fourth-order valence-electron chi connectivity index (χ4n) is 2.66. The van der Waals surface area contributed by atoms with Crippen molar-refractivity contribution in [3.63, 3.8) is 0 Å². The van der Waals surface area contributed by atoms with Crippen molar-refractivity contribution in [2.75, 3.05) is 5.32 Å². The van der Waals surface area contributed by atoms with Crippen molar-refractivity contribution in [2.24, 2.45) is 5.10 Å². The minimum absolute atomic E-state index is 0.0491. The quantitative estimate of drug-likeness (QED) is 0.939. The summed E-state index contributed by atoms with van der Waals surface area (Å²) >= 11 is 1.63. The molecule has 1 N–H and O–H groups in total. The minimum Gasteiger partial charge on any atom is -0.326 e. The Kier molecular flexibility index (Phi) is 4.25. The Bertz CT molecular complexity index is 768. The Hall–Kier alpha value is -2.47. The number of hydrogen-bond acceptors (Lipinski definition) is 4. The lowest BCUT2D eigenvalue weighted by Gasteiger charge is -2.18. The summed E-state index contributed by atoms with van der Waals surface area (Å²) in [5.41, 5.74) is 2.50. The molecule has 23 heavy (non-hydrogen) atoms. The van der Waals surface area contributed by atoms with Crippen LogP contribution in [-0.4, -0.2) is 22.5 Å². The first-order valence-electron chi connectivity index (χ1n) is 7.33. The van der Waals surface area contributed by atoms with Gasteiger partial charge in [-0.3, -0.25) is 9.59 Å². The maximum atomic E-state index is 11.9. The molecule has 3 rings (SSSR count). The van der Waals surface area contributed by atoms with E-state index in [0.29, 0.717) is 6.42 Å². The Labute approximate surface area is 138 Å². The van der Waals surface area contributed by atoms with Crippen LogP contribution in [0.5, 0.6) is 0 Å². The number of hydrogen-bond donors (Lipinski definition) is 1. The van der Waals surface area contributed by atoms with Crippen molar-refractivity contribution >= 4 is 34.6 Å². The standard InChI is InChI=1S/C17H17N3O2S/c1-11(21)18-14-6-3-5-13(9-14)15-10-16(17-7-4-8-23-17)20(19-15)12(2)22/h3-9,16H,10H2,1-2H3,(H,18,21). The van der Waals surface area contributed by atoms with E-state index in [-0.39, 0.29) is 17.9 Å². The maximum Gasteiger partial charge on any atom is 0.240 e. The van der Waals surface area contributed by atoms with E-state index >= 15 is 0 Å². The third-order valence-electron chi connectivity index (χ3n) is 3.62. The molecular weight excluding hydrogens is 310 g/mol. The number of thiophene rings is 1. The molecule has 0 radical (unpaired) electrons. The van der Waals surface area contributed by atoms with Crippen LogP contribution in [0.4, 0.5) is 5.69 Å². The molecule has 1 atom stereocenters. The molecule has 2 aromatic rings. The van der Waals surface area contributed by atoms with Crippen molar-refractivity contribution in [3.05, 3.63) is 52.2 Å². The maximum absolute atomic E-state index is 11.9. The van der Waals surface area contributed by atoms with Gasteiger partial charge in [0.25, 0.3) is 0 Å². The highest BCUT2D eigenvalue weighted by Crippen LogP contribution is 2.35. The predicted molar refractivity (Wildman–Crippen MR) is 91.5 cm³/mol. The van der Waals surface area contributed by atoms with Gasteiger partial charge >= 0.3 is 0 Å². The number of nitrogens with zero attached hydrogens (tertiary/aromatic N) is 2. The van der Waals surface area contributed by atoms with Gasteiger partial charge in [-0.25, -0.2) is 5.01 Å². The Morgan fingerprint density at radius 1 is 1.26 bits per heavy atom. The van der Waals surface area contributed by atoms with E-state index in [1.807, 2.05) is 41.8 Å². The summed E-state index contributed by atoms with van der Waals surface area (Å²) in [6.45, 7) is 3.00. The lowest BCUT2D eigenvalue weighted by Crippen LogP contribution is -2.23. The fourth-order valence-corrected chi connectivity index (χ4v) is 3.47. The summed E-state index contributed by atoms with van der Waals surface area (Å²) in [7, 11) is 0. The van der Waals surface area contributed by atoms with Crippen LogP contribution in [0.25, 0.3) is 0 Å². The van der Waals surface area contributed by atoms with Gasteiger partial charge < -0.3 is 5.32 Å². The summed E-state index contributed by atoms with van der Waals surface area (Å²) in [4.78, 5) is 24.2. The highest BCUT2D eigenvalue weighted by Gasteiger charge is 2.31. The van der Waals surface area contributed by atoms with Crippen LogP contribution in [0.3, 0.4) is 0 Å². The van der Waals surface area contributed by atoms with Gasteiger partial charge in [-0.15, -0.1) is 11.3 Å².